The minimum Gasteiger partial charge on any atom is -0.478 e. The standard InChI is InChI=1S/C12H7F2NO3/c13-7-1-6(2-8(14)3-7)10-5-15-11(16)4-9(10)12(17)18/h1-5H,(H,15,16)(H,17,18). The van der Waals surface area contributed by atoms with E-state index in [1.165, 1.54) is 0 Å². The van der Waals surface area contributed by atoms with Gasteiger partial charge in [-0.05, 0) is 17.7 Å². The third kappa shape index (κ3) is 2.27. The van der Waals surface area contributed by atoms with Crippen LogP contribution in [0.5, 0.6) is 0 Å². The number of benzene rings is 1. The molecule has 1 heterocycles. The zero-order valence-corrected chi connectivity index (χ0v) is 8.91. The fourth-order valence-corrected chi connectivity index (χ4v) is 1.60. The van der Waals surface area contributed by atoms with Gasteiger partial charge in [0.1, 0.15) is 11.6 Å². The van der Waals surface area contributed by atoms with Crippen LogP contribution >= 0.6 is 0 Å². The first-order valence-corrected chi connectivity index (χ1v) is 4.90. The summed E-state index contributed by atoms with van der Waals surface area (Å²) >= 11 is 0. The van der Waals surface area contributed by atoms with Crippen LogP contribution in [0.25, 0.3) is 11.1 Å². The summed E-state index contributed by atoms with van der Waals surface area (Å²) in [6, 6.07) is 3.52. The van der Waals surface area contributed by atoms with Crippen molar-refractivity contribution in [1.82, 2.24) is 4.98 Å². The second-order valence-electron chi connectivity index (χ2n) is 3.59. The summed E-state index contributed by atoms with van der Waals surface area (Å²) in [5.74, 6) is -3.00. The zero-order valence-electron chi connectivity index (χ0n) is 8.91. The number of rotatable bonds is 2. The van der Waals surface area contributed by atoms with Gasteiger partial charge in [-0.1, -0.05) is 0 Å². The van der Waals surface area contributed by atoms with E-state index in [9.17, 15) is 18.4 Å². The topological polar surface area (TPSA) is 70.2 Å². The molecule has 4 nitrogen and oxygen atoms in total. The molecule has 0 unspecified atom stereocenters. The van der Waals surface area contributed by atoms with Crippen molar-refractivity contribution in [3.63, 3.8) is 0 Å². The predicted molar refractivity (Wildman–Crippen MR) is 59.4 cm³/mol. The summed E-state index contributed by atoms with van der Waals surface area (Å²) in [5.41, 5.74) is -0.835. The molecule has 0 amide bonds. The lowest BCUT2D eigenvalue weighted by molar-refractivity contribution is 0.0697. The number of carboxylic acids is 1. The van der Waals surface area contributed by atoms with Gasteiger partial charge in [-0.2, -0.15) is 0 Å². The molecule has 0 aliphatic carbocycles. The van der Waals surface area contributed by atoms with Crippen LogP contribution in [0.3, 0.4) is 0 Å². The number of aromatic nitrogens is 1. The quantitative estimate of drug-likeness (QED) is 0.857. The predicted octanol–water partition coefficient (Wildman–Crippen LogP) is 2.02. The first kappa shape index (κ1) is 12.0. The summed E-state index contributed by atoms with van der Waals surface area (Å²) < 4.78 is 26.1. The number of hydrogen-bond acceptors (Lipinski definition) is 2. The third-order valence-electron chi connectivity index (χ3n) is 2.33. The number of carboxylic acid groups (broad SMARTS) is 1. The van der Waals surface area contributed by atoms with E-state index in [1.807, 2.05) is 0 Å². The zero-order chi connectivity index (χ0) is 13.3. The molecule has 2 rings (SSSR count). The van der Waals surface area contributed by atoms with Gasteiger partial charge in [0.2, 0.25) is 5.56 Å². The Morgan fingerprint density at radius 1 is 1.11 bits per heavy atom. The summed E-state index contributed by atoms with van der Waals surface area (Å²) in [5, 5.41) is 8.95. The molecule has 0 saturated heterocycles. The van der Waals surface area contributed by atoms with Crippen LogP contribution in [0.2, 0.25) is 0 Å². The molecule has 0 aliphatic heterocycles. The Bertz CT molecular complexity index is 659. The maximum atomic E-state index is 13.1. The number of H-pyrrole nitrogens is 1. The van der Waals surface area contributed by atoms with Crippen LogP contribution < -0.4 is 5.56 Å². The van der Waals surface area contributed by atoms with Gasteiger partial charge in [-0.25, -0.2) is 13.6 Å². The highest BCUT2D eigenvalue weighted by Crippen LogP contribution is 2.23. The second kappa shape index (κ2) is 4.40. The van der Waals surface area contributed by atoms with E-state index >= 15 is 0 Å². The van der Waals surface area contributed by atoms with Gasteiger partial charge < -0.3 is 10.1 Å². The minimum absolute atomic E-state index is 0.0421. The maximum absolute atomic E-state index is 13.1. The molecular formula is C12H7F2NO3. The number of halogens is 2. The molecule has 92 valence electrons. The lowest BCUT2D eigenvalue weighted by atomic mass is 10.0. The Morgan fingerprint density at radius 2 is 1.72 bits per heavy atom. The normalized spacial score (nSPS) is 10.3. The molecule has 0 fully saturated rings. The van der Waals surface area contributed by atoms with E-state index in [4.69, 9.17) is 5.11 Å². The van der Waals surface area contributed by atoms with Crippen LogP contribution in [0, 0.1) is 11.6 Å². The van der Waals surface area contributed by atoms with E-state index < -0.39 is 23.2 Å². The average Bonchev–Trinajstić information content (AvgIpc) is 2.27. The molecule has 2 aromatic rings. The molecule has 1 aromatic carbocycles. The molecule has 0 radical (unpaired) electrons. The highest BCUT2D eigenvalue weighted by molar-refractivity contribution is 5.95. The fraction of sp³-hybridized carbons (Fsp3) is 0. The molecule has 0 spiro atoms. The fourth-order valence-electron chi connectivity index (χ4n) is 1.60. The molecule has 6 heteroatoms. The number of pyridine rings is 1. The van der Waals surface area contributed by atoms with E-state index in [0.29, 0.717) is 6.07 Å². The van der Waals surface area contributed by atoms with Crippen LogP contribution in [0.15, 0.2) is 35.3 Å². The van der Waals surface area contributed by atoms with Crippen LogP contribution in [0.1, 0.15) is 10.4 Å². The van der Waals surface area contributed by atoms with Crippen LogP contribution in [-0.2, 0) is 0 Å². The Hall–Kier alpha value is -2.50. The van der Waals surface area contributed by atoms with Gasteiger partial charge in [0, 0.05) is 23.9 Å². The number of aromatic carboxylic acids is 1. The van der Waals surface area contributed by atoms with Crippen LogP contribution in [0.4, 0.5) is 8.78 Å². The summed E-state index contributed by atoms with van der Waals surface area (Å²) in [6.07, 6.45) is 1.11. The van der Waals surface area contributed by atoms with Crippen molar-refractivity contribution >= 4 is 5.97 Å². The molecule has 0 atom stereocenters. The number of carbonyl (C=O) groups is 1. The molecule has 18 heavy (non-hydrogen) atoms. The summed E-state index contributed by atoms with van der Waals surface area (Å²) in [4.78, 5) is 24.3. The Labute approximate surface area is 99.5 Å². The smallest absolute Gasteiger partial charge is 0.336 e. The minimum atomic E-state index is -1.35. The average molecular weight is 251 g/mol. The molecular weight excluding hydrogens is 244 g/mol. The van der Waals surface area contributed by atoms with Crippen molar-refractivity contribution in [2.24, 2.45) is 0 Å². The monoisotopic (exact) mass is 251 g/mol. The maximum Gasteiger partial charge on any atom is 0.336 e. The summed E-state index contributed by atoms with van der Waals surface area (Å²) in [7, 11) is 0. The Morgan fingerprint density at radius 3 is 2.28 bits per heavy atom. The van der Waals surface area contributed by atoms with E-state index in [1.54, 1.807) is 0 Å². The van der Waals surface area contributed by atoms with Crippen molar-refractivity contribution in [3.8, 4) is 11.1 Å². The van der Waals surface area contributed by atoms with Crippen molar-refractivity contribution < 1.29 is 18.7 Å². The Kier molecular flexibility index (Phi) is 2.93. The summed E-state index contributed by atoms with van der Waals surface area (Å²) in [6.45, 7) is 0. The highest BCUT2D eigenvalue weighted by Gasteiger charge is 2.14. The van der Waals surface area contributed by atoms with Crippen LogP contribution in [-0.4, -0.2) is 16.1 Å². The lowest BCUT2D eigenvalue weighted by Gasteiger charge is -2.06. The van der Waals surface area contributed by atoms with Crippen molar-refractivity contribution in [1.29, 1.82) is 0 Å². The van der Waals surface area contributed by atoms with Gasteiger partial charge in [-0.3, -0.25) is 4.79 Å². The molecule has 0 saturated carbocycles. The molecule has 1 aromatic heterocycles. The molecule has 0 bridgehead atoms. The Balaban J connectivity index is 2.70. The largest absolute Gasteiger partial charge is 0.478 e. The SMILES string of the molecule is O=C(O)c1cc(=O)[nH]cc1-c1cc(F)cc(F)c1. The first-order chi connectivity index (χ1) is 8.47. The second-order valence-corrected chi connectivity index (χ2v) is 3.59. The van der Waals surface area contributed by atoms with Crippen molar-refractivity contribution in [2.75, 3.05) is 0 Å². The number of nitrogens with one attached hydrogen (secondary N) is 1. The molecule has 2 N–H and O–H groups in total. The number of hydrogen-bond donors (Lipinski definition) is 2. The van der Waals surface area contributed by atoms with E-state index in [-0.39, 0.29) is 16.7 Å². The third-order valence-corrected chi connectivity index (χ3v) is 2.33. The number of aromatic amines is 1. The van der Waals surface area contributed by atoms with Gasteiger partial charge in [0.15, 0.2) is 0 Å². The highest BCUT2D eigenvalue weighted by atomic mass is 19.1. The van der Waals surface area contributed by atoms with Crippen molar-refractivity contribution in [2.45, 2.75) is 0 Å². The molecule has 0 aliphatic rings. The van der Waals surface area contributed by atoms with E-state index in [0.717, 1.165) is 24.4 Å². The van der Waals surface area contributed by atoms with Gasteiger partial charge in [0.25, 0.3) is 0 Å². The lowest BCUT2D eigenvalue weighted by Crippen LogP contribution is -2.10. The van der Waals surface area contributed by atoms with Gasteiger partial charge >= 0.3 is 5.97 Å². The van der Waals surface area contributed by atoms with E-state index in [2.05, 4.69) is 4.98 Å². The van der Waals surface area contributed by atoms with Crippen molar-refractivity contribution in [3.05, 3.63) is 58.0 Å². The van der Waals surface area contributed by atoms with Gasteiger partial charge in [-0.15, -0.1) is 0 Å². The first-order valence-electron chi connectivity index (χ1n) is 4.90. The van der Waals surface area contributed by atoms with Gasteiger partial charge in [0.05, 0.1) is 5.56 Å².